The maximum atomic E-state index is 12.4. The Labute approximate surface area is 137 Å². The molecule has 24 heavy (non-hydrogen) atoms. The van der Waals surface area contributed by atoms with E-state index in [0.29, 0.717) is 23.7 Å². The van der Waals surface area contributed by atoms with Crippen molar-refractivity contribution in [1.29, 1.82) is 0 Å². The Balaban J connectivity index is 2.23. The van der Waals surface area contributed by atoms with E-state index < -0.39 is 11.5 Å². The molecule has 3 rings (SSSR count). The number of ether oxygens (including phenoxy) is 1. The minimum atomic E-state index is -0.736. The number of H-pyrrole nitrogens is 1. The first-order chi connectivity index (χ1) is 11.5. The van der Waals surface area contributed by atoms with Crippen LogP contribution in [0.5, 0.6) is 5.75 Å². The molecule has 124 valence electrons. The minimum Gasteiger partial charge on any atom is -0.493 e. The van der Waals surface area contributed by atoms with Gasteiger partial charge in [0.15, 0.2) is 11.2 Å². The number of carbonyl (C=O) groups is 1. The maximum Gasteiger partial charge on any atom is 0.277 e. The summed E-state index contributed by atoms with van der Waals surface area (Å²) in [4.78, 5) is 31.1. The number of benzene rings is 1. The molecule has 0 radical (unpaired) electrons. The Kier molecular flexibility index (Phi) is 4.03. The third kappa shape index (κ3) is 2.62. The molecule has 0 bridgehead atoms. The molecule has 1 amide bonds. The summed E-state index contributed by atoms with van der Waals surface area (Å²) in [5.41, 5.74) is 5.90. The van der Waals surface area contributed by atoms with Gasteiger partial charge in [-0.05, 0) is 18.6 Å². The summed E-state index contributed by atoms with van der Waals surface area (Å²) >= 11 is 0. The molecule has 3 aromatic rings. The fourth-order valence-electron chi connectivity index (χ4n) is 2.47. The van der Waals surface area contributed by atoms with Crippen molar-refractivity contribution in [3.8, 4) is 17.1 Å². The molecule has 0 atom stereocenters. The van der Waals surface area contributed by atoms with Crippen LogP contribution in [0.4, 0.5) is 0 Å². The minimum absolute atomic E-state index is 0.0354. The van der Waals surface area contributed by atoms with E-state index in [4.69, 9.17) is 10.5 Å². The fourth-order valence-corrected chi connectivity index (χ4v) is 2.47. The van der Waals surface area contributed by atoms with Gasteiger partial charge in [0.05, 0.1) is 12.2 Å². The first-order valence-electron chi connectivity index (χ1n) is 7.52. The molecule has 1 aromatic carbocycles. The summed E-state index contributed by atoms with van der Waals surface area (Å²) in [5.74, 6) is 0.168. The fraction of sp³-hybridized carbons (Fsp3) is 0.250. The number of fused-ring (bicyclic) bond motifs is 1. The Bertz CT molecular complexity index is 973. The third-order valence-corrected chi connectivity index (χ3v) is 3.53. The number of hydrogen-bond acceptors (Lipinski definition) is 5. The first kappa shape index (κ1) is 15.7. The van der Waals surface area contributed by atoms with Crippen LogP contribution in [0.2, 0.25) is 0 Å². The zero-order valence-corrected chi connectivity index (χ0v) is 13.4. The molecule has 0 aliphatic carbocycles. The Morgan fingerprint density at radius 1 is 1.38 bits per heavy atom. The SMILES string of the molecule is CCCOc1ccccc1-c1nc2c(C(N)=O)nn(C)c2c(=O)[nH]1. The second-order valence-corrected chi connectivity index (χ2v) is 5.29. The highest BCUT2D eigenvalue weighted by molar-refractivity contribution is 6.02. The van der Waals surface area contributed by atoms with Gasteiger partial charge < -0.3 is 15.5 Å². The number of aromatic amines is 1. The average molecular weight is 327 g/mol. The van der Waals surface area contributed by atoms with Gasteiger partial charge in [-0.15, -0.1) is 0 Å². The van der Waals surface area contributed by atoms with Crippen molar-refractivity contribution in [2.24, 2.45) is 12.8 Å². The molecule has 2 heterocycles. The highest BCUT2D eigenvalue weighted by Gasteiger charge is 2.20. The van der Waals surface area contributed by atoms with Crippen molar-refractivity contribution >= 4 is 16.9 Å². The highest BCUT2D eigenvalue weighted by atomic mass is 16.5. The lowest BCUT2D eigenvalue weighted by atomic mass is 10.2. The van der Waals surface area contributed by atoms with E-state index in [0.717, 1.165) is 6.42 Å². The number of rotatable bonds is 5. The van der Waals surface area contributed by atoms with Crippen molar-refractivity contribution in [2.75, 3.05) is 6.61 Å². The molecule has 0 aliphatic rings. The van der Waals surface area contributed by atoms with Crippen LogP contribution in [-0.4, -0.2) is 32.3 Å². The van der Waals surface area contributed by atoms with Gasteiger partial charge in [-0.25, -0.2) is 4.98 Å². The number of primary amides is 1. The normalized spacial score (nSPS) is 10.9. The van der Waals surface area contributed by atoms with E-state index in [1.54, 1.807) is 19.2 Å². The predicted octanol–water partition coefficient (Wildman–Crippen LogP) is 1.21. The summed E-state index contributed by atoms with van der Waals surface area (Å²) in [6.07, 6.45) is 0.853. The van der Waals surface area contributed by atoms with Gasteiger partial charge in [0.25, 0.3) is 11.5 Å². The van der Waals surface area contributed by atoms with Gasteiger partial charge in [-0.2, -0.15) is 5.10 Å². The quantitative estimate of drug-likeness (QED) is 0.730. The third-order valence-electron chi connectivity index (χ3n) is 3.53. The molecule has 0 spiro atoms. The van der Waals surface area contributed by atoms with Crippen LogP contribution in [0, 0.1) is 0 Å². The van der Waals surface area contributed by atoms with Crippen LogP contribution in [0.1, 0.15) is 23.8 Å². The van der Waals surface area contributed by atoms with E-state index in [2.05, 4.69) is 15.1 Å². The van der Waals surface area contributed by atoms with Crippen LogP contribution < -0.4 is 16.0 Å². The second-order valence-electron chi connectivity index (χ2n) is 5.29. The molecule has 8 nitrogen and oxygen atoms in total. The smallest absolute Gasteiger partial charge is 0.277 e. The summed E-state index contributed by atoms with van der Waals surface area (Å²) in [7, 11) is 1.56. The van der Waals surface area contributed by atoms with Gasteiger partial charge in [-0.1, -0.05) is 19.1 Å². The zero-order valence-electron chi connectivity index (χ0n) is 13.4. The second kappa shape index (κ2) is 6.15. The van der Waals surface area contributed by atoms with Crippen molar-refractivity contribution in [2.45, 2.75) is 13.3 Å². The number of aryl methyl sites for hydroxylation is 1. The average Bonchev–Trinajstić information content (AvgIpc) is 2.90. The van der Waals surface area contributed by atoms with Crippen LogP contribution in [0.3, 0.4) is 0 Å². The number of nitrogens with zero attached hydrogens (tertiary/aromatic N) is 3. The van der Waals surface area contributed by atoms with Gasteiger partial charge in [0.1, 0.15) is 17.1 Å². The van der Waals surface area contributed by atoms with Crippen LogP contribution in [0.15, 0.2) is 29.1 Å². The predicted molar refractivity (Wildman–Crippen MR) is 88.9 cm³/mol. The Hall–Kier alpha value is -3.16. The van der Waals surface area contributed by atoms with Gasteiger partial charge in [-0.3, -0.25) is 14.3 Å². The molecule has 0 fully saturated rings. The number of amides is 1. The van der Waals surface area contributed by atoms with Gasteiger partial charge in [0.2, 0.25) is 0 Å². The lowest BCUT2D eigenvalue weighted by Crippen LogP contribution is -2.14. The van der Waals surface area contributed by atoms with E-state index in [9.17, 15) is 9.59 Å². The molecule has 0 aliphatic heterocycles. The monoisotopic (exact) mass is 327 g/mol. The number of nitrogens with one attached hydrogen (secondary N) is 1. The Morgan fingerprint density at radius 2 is 2.12 bits per heavy atom. The first-order valence-corrected chi connectivity index (χ1v) is 7.52. The summed E-state index contributed by atoms with van der Waals surface area (Å²) in [5, 5.41) is 3.99. The molecule has 8 heteroatoms. The van der Waals surface area contributed by atoms with E-state index in [1.165, 1.54) is 4.68 Å². The molecular formula is C16H17N5O3. The lowest BCUT2D eigenvalue weighted by molar-refractivity contribution is 0.0996. The number of para-hydroxylation sites is 1. The van der Waals surface area contributed by atoms with Crippen molar-refractivity contribution < 1.29 is 9.53 Å². The van der Waals surface area contributed by atoms with Crippen molar-refractivity contribution in [1.82, 2.24) is 19.7 Å². The molecule has 0 unspecified atom stereocenters. The lowest BCUT2D eigenvalue weighted by Gasteiger charge is -2.10. The van der Waals surface area contributed by atoms with E-state index in [-0.39, 0.29) is 16.7 Å². The van der Waals surface area contributed by atoms with Crippen molar-refractivity contribution in [3.63, 3.8) is 0 Å². The molecule has 3 N–H and O–H groups in total. The van der Waals surface area contributed by atoms with E-state index in [1.807, 2.05) is 19.1 Å². The number of nitrogens with two attached hydrogens (primary N) is 1. The zero-order chi connectivity index (χ0) is 17.3. The van der Waals surface area contributed by atoms with Gasteiger partial charge in [0, 0.05) is 7.05 Å². The van der Waals surface area contributed by atoms with Crippen LogP contribution >= 0.6 is 0 Å². The number of hydrogen-bond donors (Lipinski definition) is 2. The van der Waals surface area contributed by atoms with Crippen LogP contribution in [0.25, 0.3) is 22.4 Å². The number of carbonyl (C=O) groups excluding carboxylic acids is 1. The largest absolute Gasteiger partial charge is 0.493 e. The summed E-state index contributed by atoms with van der Waals surface area (Å²) in [6, 6.07) is 7.24. The molecular weight excluding hydrogens is 310 g/mol. The maximum absolute atomic E-state index is 12.4. The number of aromatic nitrogens is 4. The summed E-state index contributed by atoms with van der Waals surface area (Å²) in [6.45, 7) is 2.55. The van der Waals surface area contributed by atoms with Crippen molar-refractivity contribution in [3.05, 3.63) is 40.3 Å². The molecule has 0 saturated carbocycles. The standard InChI is InChI=1S/C16H17N5O3/c1-3-8-24-10-7-5-4-6-9(10)15-18-11-12(14(17)22)20-21(2)13(11)16(23)19-15/h4-7H,3,8H2,1-2H3,(H2,17,22)(H,18,19,23). The van der Waals surface area contributed by atoms with Crippen LogP contribution in [-0.2, 0) is 7.05 Å². The Morgan fingerprint density at radius 3 is 2.83 bits per heavy atom. The molecule has 2 aromatic heterocycles. The van der Waals surface area contributed by atoms with Gasteiger partial charge >= 0.3 is 0 Å². The molecule has 0 saturated heterocycles. The summed E-state index contributed by atoms with van der Waals surface area (Å²) < 4.78 is 7.00. The topological polar surface area (TPSA) is 116 Å². The highest BCUT2D eigenvalue weighted by Crippen LogP contribution is 2.27. The van der Waals surface area contributed by atoms with E-state index >= 15 is 0 Å².